The highest BCUT2D eigenvalue weighted by molar-refractivity contribution is 7.80. The summed E-state index contributed by atoms with van der Waals surface area (Å²) in [6.07, 6.45) is 0. The van der Waals surface area contributed by atoms with Crippen LogP contribution in [0.1, 0.15) is 11.3 Å². The number of benzene rings is 1. The van der Waals surface area contributed by atoms with Crippen molar-refractivity contribution in [1.29, 1.82) is 0 Å². The molecule has 0 spiro atoms. The molecule has 0 fully saturated rings. The molecule has 0 aliphatic rings. The van der Waals surface area contributed by atoms with Gasteiger partial charge in [0.1, 0.15) is 0 Å². The second-order valence-corrected chi connectivity index (χ2v) is 3.96. The first kappa shape index (κ1) is 8.70. The van der Waals surface area contributed by atoms with Crippen molar-refractivity contribution >= 4 is 23.5 Å². The molecule has 0 amide bonds. The van der Waals surface area contributed by atoms with Crippen LogP contribution in [0.3, 0.4) is 0 Å². The minimum atomic E-state index is 1.10. The third-order valence-electron chi connectivity index (χ3n) is 2.61. The van der Waals surface area contributed by atoms with Gasteiger partial charge in [-0.05, 0) is 26.0 Å². The molecule has 2 heteroatoms. The van der Waals surface area contributed by atoms with Gasteiger partial charge < -0.3 is 4.57 Å². The fourth-order valence-electron chi connectivity index (χ4n) is 1.67. The fourth-order valence-corrected chi connectivity index (χ4v) is 2.00. The Morgan fingerprint density at radius 3 is 2.62 bits per heavy atom. The second kappa shape index (κ2) is 2.81. The Kier molecular flexibility index (Phi) is 1.88. The molecule has 2 aromatic rings. The van der Waals surface area contributed by atoms with Crippen LogP contribution in [0.15, 0.2) is 23.1 Å². The number of aryl methyl sites for hydroxylation is 2. The van der Waals surface area contributed by atoms with Gasteiger partial charge >= 0.3 is 0 Å². The molecule has 0 aliphatic heterocycles. The monoisotopic (exact) mass is 191 g/mol. The molecule has 1 heterocycles. The van der Waals surface area contributed by atoms with Gasteiger partial charge in [0.15, 0.2) is 0 Å². The Bertz CT molecular complexity index is 468. The van der Waals surface area contributed by atoms with Crippen LogP contribution in [0.2, 0.25) is 0 Å². The van der Waals surface area contributed by atoms with E-state index in [1.165, 1.54) is 22.2 Å². The molecule has 0 aliphatic carbocycles. The van der Waals surface area contributed by atoms with Crippen LogP contribution in [-0.2, 0) is 7.05 Å². The largest absolute Gasteiger partial charge is 0.347 e. The highest BCUT2D eigenvalue weighted by Gasteiger charge is 2.07. The quantitative estimate of drug-likeness (QED) is 0.611. The van der Waals surface area contributed by atoms with E-state index >= 15 is 0 Å². The molecule has 1 aromatic carbocycles. The predicted octanol–water partition coefficient (Wildman–Crippen LogP) is 3.08. The maximum absolute atomic E-state index is 4.51. The van der Waals surface area contributed by atoms with E-state index in [0.717, 1.165) is 4.90 Å². The first-order valence-corrected chi connectivity index (χ1v) is 4.80. The third kappa shape index (κ3) is 1.17. The molecule has 0 saturated heterocycles. The highest BCUT2D eigenvalue weighted by atomic mass is 32.1. The lowest BCUT2D eigenvalue weighted by Crippen LogP contribution is -1.89. The Morgan fingerprint density at radius 1 is 1.23 bits per heavy atom. The SMILES string of the molecule is Cc1ccc2c(c1)c(S)c(C)n2C. The van der Waals surface area contributed by atoms with E-state index in [1.807, 2.05) is 0 Å². The zero-order valence-electron chi connectivity index (χ0n) is 8.13. The van der Waals surface area contributed by atoms with Gasteiger partial charge in [-0.1, -0.05) is 11.6 Å². The fraction of sp³-hybridized carbons (Fsp3) is 0.273. The maximum atomic E-state index is 4.51. The van der Waals surface area contributed by atoms with Gasteiger partial charge in [-0.25, -0.2) is 0 Å². The number of nitrogens with zero attached hydrogens (tertiary/aromatic N) is 1. The lowest BCUT2D eigenvalue weighted by atomic mass is 10.2. The lowest BCUT2D eigenvalue weighted by Gasteiger charge is -1.97. The Morgan fingerprint density at radius 2 is 1.92 bits per heavy atom. The molecule has 0 radical (unpaired) electrons. The minimum Gasteiger partial charge on any atom is -0.347 e. The Labute approximate surface area is 83.8 Å². The van der Waals surface area contributed by atoms with Crippen molar-refractivity contribution in [2.75, 3.05) is 0 Å². The Hall–Kier alpha value is -0.890. The summed E-state index contributed by atoms with van der Waals surface area (Å²) in [5.41, 5.74) is 3.77. The first-order valence-electron chi connectivity index (χ1n) is 4.36. The zero-order chi connectivity index (χ0) is 9.59. The summed E-state index contributed by atoms with van der Waals surface area (Å²) in [6.45, 7) is 4.20. The summed E-state index contributed by atoms with van der Waals surface area (Å²) < 4.78 is 2.18. The normalized spacial score (nSPS) is 11.1. The molecular weight excluding hydrogens is 178 g/mol. The summed E-state index contributed by atoms with van der Waals surface area (Å²) in [5.74, 6) is 0. The van der Waals surface area contributed by atoms with E-state index in [9.17, 15) is 0 Å². The average molecular weight is 191 g/mol. The van der Waals surface area contributed by atoms with Gasteiger partial charge in [0.05, 0.1) is 0 Å². The number of aromatic nitrogens is 1. The number of thiol groups is 1. The zero-order valence-corrected chi connectivity index (χ0v) is 9.02. The molecule has 1 aromatic heterocycles. The molecular formula is C11H13NS. The van der Waals surface area contributed by atoms with Gasteiger partial charge in [0.25, 0.3) is 0 Å². The van der Waals surface area contributed by atoms with Gasteiger partial charge in [0, 0.05) is 28.5 Å². The van der Waals surface area contributed by atoms with Crippen molar-refractivity contribution in [1.82, 2.24) is 4.57 Å². The van der Waals surface area contributed by atoms with Gasteiger partial charge in [0.2, 0.25) is 0 Å². The second-order valence-electron chi connectivity index (χ2n) is 3.51. The van der Waals surface area contributed by atoms with Crippen molar-refractivity contribution in [3.8, 4) is 0 Å². The van der Waals surface area contributed by atoms with E-state index in [2.05, 4.69) is 56.3 Å². The van der Waals surface area contributed by atoms with Crippen molar-refractivity contribution in [2.45, 2.75) is 18.7 Å². The van der Waals surface area contributed by atoms with Crippen LogP contribution >= 0.6 is 12.6 Å². The van der Waals surface area contributed by atoms with Crippen LogP contribution in [0, 0.1) is 13.8 Å². The van der Waals surface area contributed by atoms with Gasteiger partial charge in [-0.15, -0.1) is 12.6 Å². The minimum absolute atomic E-state index is 1.10. The third-order valence-corrected chi connectivity index (χ3v) is 3.18. The molecule has 2 rings (SSSR count). The van der Waals surface area contributed by atoms with Crippen molar-refractivity contribution in [3.63, 3.8) is 0 Å². The number of rotatable bonds is 0. The number of hydrogen-bond donors (Lipinski definition) is 1. The molecule has 0 unspecified atom stereocenters. The maximum Gasteiger partial charge on any atom is 0.0491 e. The van der Waals surface area contributed by atoms with Crippen LogP contribution in [0.5, 0.6) is 0 Å². The van der Waals surface area contributed by atoms with Gasteiger partial charge in [-0.2, -0.15) is 0 Å². The van der Waals surface area contributed by atoms with E-state index in [-0.39, 0.29) is 0 Å². The summed E-state index contributed by atoms with van der Waals surface area (Å²) >= 11 is 4.51. The summed E-state index contributed by atoms with van der Waals surface area (Å²) in [5, 5.41) is 1.25. The molecule has 0 saturated carbocycles. The molecule has 13 heavy (non-hydrogen) atoms. The van der Waals surface area contributed by atoms with Crippen molar-refractivity contribution in [2.24, 2.45) is 7.05 Å². The summed E-state index contributed by atoms with van der Waals surface area (Å²) in [7, 11) is 2.08. The van der Waals surface area contributed by atoms with Crippen molar-refractivity contribution < 1.29 is 0 Å². The van der Waals surface area contributed by atoms with E-state index in [4.69, 9.17) is 0 Å². The van der Waals surface area contributed by atoms with Crippen LogP contribution < -0.4 is 0 Å². The topological polar surface area (TPSA) is 4.93 Å². The van der Waals surface area contributed by atoms with E-state index in [0.29, 0.717) is 0 Å². The molecule has 68 valence electrons. The molecule has 1 nitrogen and oxygen atoms in total. The smallest absolute Gasteiger partial charge is 0.0491 e. The number of fused-ring (bicyclic) bond motifs is 1. The summed E-state index contributed by atoms with van der Waals surface area (Å²) in [4.78, 5) is 1.10. The van der Waals surface area contributed by atoms with E-state index in [1.54, 1.807) is 0 Å². The molecule has 0 N–H and O–H groups in total. The van der Waals surface area contributed by atoms with Crippen LogP contribution in [-0.4, -0.2) is 4.57 Å². The standard InChI is InChI=1S/C11H13NS/c1-7-4-5-10-9(6-7)11(13)8(2)12(10)3/h4-6,13H,1-3H3. The van der Waals surface area contributed by atoms with Crippen LogP contribution in [0.25, 0.3) is 10.9 Å². The average Bonchev–Trinajstić information content (AvgIpc) is 2.32. The summed E-state index contributed by atoms with van der Waals surface area (Å²) in [6, 6.07) is 6.47. The predicted molar refractivity (Wildman–Crippen MR) is 59.6 cm³/mol. The lowest BCUT2D eigenvalue weighted by molar-refractivity contribution is 0.901. The number of hydrogen-bond acceptors (Lipinski definition) is 1. The van der Waals surface area contributed by atoms with Crippen LogP contribution in [0.4, 0.5) is 0 Å². The molecule has 0 bridgehead atoms. The Balaban J connectivity index is 2.95. The highest BCUT2D eigenvalue weighted by Crippen LogP contribution is 2.28. The van der Waals surface area contributed by atoms with E-state index < -0.39 is 0 Å². The molecule has 0 atom stereocenters. The first-order chi connectivity index (χ1) is 6.11. The van der Waals surface area contributed by atoms with Crippen molar-refractivity contribution in [3.05, 3.63) is 29.5 Å². The van der Waals surface area contributed by atoms with Gasteiger partial charge in [-0.3, -0.25) is 0 Å².